The summed E-state index contributed by atoms with van der Waals surface area (Å²) in [5, 5.41) is 11.8. The van der Waals surface area contributed by atoms with Gasteiger partial charge in [-0.15, -0.1) is 21.5 Å². The Morgan fingerprint density at radius 2 is 0.987 bits per heavy atom. The number of carbonyl (C=O) groups is 2. The summed E-state index contributed by atoms with van der Waals surface area (Å²) < 4.78 is 31.5. The van der Waals surface area contributed by atoms with Crippen LogP contribution in [0.1, 0.15) is 25.2 Å². The monoisotopic (exact) mass is 1150 g/mol. The highest BCUT2D eigenvalue weighted by Gasteiger charge is 2.27. The Bertz CT molecular complexity index is 3430. The minimum absolute atomic E-state index is 0.104. The van der Waals surface area contributed by atoms with Gasteiger partial charge in [0.15, 0.2) is 33.2 Å². The van der Waals surface area contributed by atoms with Crippen LogP contribution < -0.4 is 19.6 Å². The van der Waals surface area contributed by atoms with E-state index in [0.717, 1.165) is 125 Å². The quantitative estimate of drug-likeness (QED) is 0.0960. The zero-order valence-corrected chi connectivity index (χ0v) is 47.5. The van der Waals surface area contributed by atoms with Crippen LogP contribution in [-0.4, -0.2) is 178 Å². The van der Waals surface area contributed by atoms with Crippen molar-refractivity contribution in [1.82, 2.24) is 58.8 Å². The summed E-state index contributed by atoms with van der Waals surface area (Å²) in [6, 6.07) is 20.3. The molecule has 2 saturated heterocycles. The van der Waals surface area contributed by atoms with Gasteiger partial charge in [0.05, 0.1) is 46.2 Å². The number of fused-ring (bicyclic) bond motifs is 2. The SMILES string of the molecule is CCc1nc2ccc(N3CCN(CC(=O)N(C)C)CC3)nn2c1N(C)c1nc(-c2ccc(F)cc2)c(Br)s1.[C-]#[N+]c1sc(N(C)c2c(CC)nc3ccc(N4CCN(CC(=O)N(C)C)CC4)nn23)nc1-c1ccc(F)cc1. The van der Waals surface area contributed by atoms with Gasteiger partial charge in [-0.25, -0.2) is 33.6 Å². The fraction of sp³-hybridized carbons (Fsp3) is 0.377. The maximum atomic E-state index is 13.5. The van der Waals surface area contributed by atoms with Crippen LogP contribution in [0.2, 0.25) is 0 Å². The number of nitrogens with zero attached hydrogens (tertiary/aromatic N) is 17. The second kappa shape index (κ2) is 23.6. The topological polar surface area (TPSA) is 151 Å². The molecule has 0 radical (unpaired) electrons. The zero-order valence-electron chi connectivity index (χ0n) is 44.3. The lowest BCUT2D eigenvalue weighted by Crippen LogP contribution is -2.49. The van der Waals surface area contributed by atoms with Gasteiger partial charge in [0.2, 0.25) is 11.8 Å². The molecule has 8 aromatic rings. The number of benzene rings is 2. The van der Waals surface area contributed by atoms with E-state index in [4.69, 9.17) is 36.7 Å². The number of hydrogen-bond acceptors (Lipinski definition) is 16. The number of halogens is 3. The van der Waals surface area contributed by atoms with Gasteiger partial charge in [-0.1, -0.05) is 37.3 Å². The van der Waals surface area contributed by atoms with E-state index >= 15 is 0 Å². The van der Waals surface area contributed by atoms with Gasteiger partial charge in [0.1, 0.15) is 23.3 Å². The molecule has 402 valence electrons. The molecule has 77 heavy (non-hydrogen) atoms. The van der Waals surface area contributed by atoms with E-state index in [1.807, 2.05) is 64.1 Å². The molecule has 24 heteroatoms. The summed E-state index contributed by atoms with van der Waals surface area (Å²) >= 11 is 6.44. The van der Waals surface area contributed by atoms with Crippen molar-refractivity contribution in [2.45, 2.75) is 26.7 Å². The van der Waals surface area contributed by atoms with Crippen LogP contribution in [0.5, 0.6) is 0 Å². The van der Waals surface area contributed by atoms with Crippen molar-refractivity contribution < 1.29 is 18.4 Å². The predicted octanol–water partition coefficient (Wildman–Crippen LogP) is 8.38. The van der Waals surface area contributed by atoms with Crippen LogP contribution in [0.3, 0.4) is 0 Å². The molecule has 0 bridgehead atoms. The predicted molar refractivity (Wildman–Crippen MR) is 305 cm³/mol. The van der Waals surface area contributed by atoms with Crippen LogP contribution in [0.15, 0.2) is 76.6 Å². The molecule has 0 saturated carbocycles. The Labute approximate surface area is 462 Å². The van der Waals surface area contributed by atoms with Crippen molar-refractivity contribution in [1.29, 1.82) is 0 Å². The molecular weight excluding hydrogens is 1090 g/mol. The Morgan fingerprint density at radius 1 is 0.584 bits per heavy atom. The van der Waals surface area contributed by atoms with Gasteiger partial charge >= 0.3 is 0 Å². The van der Waals surface area contributed by atoms with E-state index in [0.29, 0.717) is 40.9 Å². The second-order valence-electron chi connectivity index (χ2n) is 19.0. The van der Waals surface area contributed by atoms with E-state index in [1.165, 1.54) is 46.9 Å². The third kappa shape index (κ3) is 11.9. The molecule has 2 aliphatic heterocycles. The fourth-order valence-electron chi connectivity index (χ4n) is 9.05. The first kappa shape index (κ1) is 54.6. The average molecular weight is 1150 g/mol. The number of rotatable bonds is 14. The third-order valence-electron chi connectivity index (χ3n) is 13.5. The first-order valence-electron chi connectivity index (χ1n) is 25.2. The van der Waals surface area contributed by atoms with Gasteiger partial charge in [-0.3, -0.25) is 19.4 Å². The largest absolute Gasteiger partial charge is 0.353 e. The summed E-state index contributed by atoms with van der Waals surface area (Å²) in [7, 11) is 11.0. The van der Waals surface area contributed by atoms with Crippen LogP contribution in [-0.2, 0) is 22.4 Å². The van der Waals surface area contributed by atoms with Crippen LogP contribution in [0.4, 0.5) is 47.3 Å². The van der Waals surface area contributed by atoms with E-state index in [-0.39, 0.29) is 23.4 Å². The number of hydrogen-bond donors (Lipinski definition) is 0. The summed E-state index contributed by atoms with van der Waals surface area (Å²) in [5.74, 6) is 2.98. The Balaban J connectivity index is 0.000000188. The number of amides is 2. The fourth-order valence-corrected chi connectivity index (χ4v) is 11.4. The van der Waals surface area contributed by atoms with Crippen molar-refractivity contribution in [2.75, 3.05) is 127 Å². The Kier molecular flexibility index (Phi) is 16.7. The maximum Gasteiger partial charge on any atom is 0.270 e. The van der Waals surface area contributed by atoms with E-state index in [2.05, 4.69) is 47.3 Å². The van der Waals surface area contributed by atoms with Crippen molar-refractivity contribution in [2.24, 2.45) is 0 Å². The molecule has 2 aliphatic rings. The highest BCUT2D eigenvalue weighted by Crippen LogP contribution is 2.43. The van der Waals surface area contributed by atoms with Gasteiger partial charge in [0.25, 0.3) is 5.00 Å². The van der Waals surface area contributed by atoms with Crippen LogP contribution in [0, 0.1) is 18.2 Å². The lowest BCUT2D eigenvalue weighted by molar-refractivity contribution is -0.130. The molecule has 6 aromatic heterocycles. The van der Waals surface area contributed by atoms with Gasteiger partial charge in [-0.2, -0.15) is 9.03 Å². The molecule has 2 aromatic carbocycles. The number of imidazole rings is 2. The lowest BCUT2D eigenvalue weighted by atomic mass is 10.1. The smallest absolute Gasteiger partial charge is 0.270 e. The first-order valence-corrected chi connectivity index (χ1v) is 27.6. The molecule has 19 nitrogen and oxygen atoms in total. The molecule has 2 fully saturated rings. The van der Waals surface area contributed by atoms with E-state index in [9.17, 15) is 18.4 Å². The second-order valence-corrected chi connectivity index (χ2v) is 22.3. The molecule has 2 amide bonds. The molecule has 10 rings (SSSR count). The highest BCUT2D eigenvalue weighted by molar-refractivity contribution is 9.11. The van der Waals surface area contributed by atoms with Crippen LogP contribution in [0.25, 0.3) is 38.7 Å². The number of likely N-dealkylation sites (N-methyl/N-ethyl adjacent to an activating group) is 2. The number of aryl methyl sites for hydroxylation is 2. The van der Waals surface area contributed by atoms with Crippen LogP contribution >= 0.6 is 38.6 Å². The molecule has 8 heterocycles. The molecular formula is C53H60BrF2N17O2S2. The molecule has 0 spiro atoms. The Hall–Kier alpha value is -7.17. The normalized spacial score (nSPS) is 14.2. The van der Waals surface area contributed by atoms with Gasteiger partial charge < -0.3 is 29.4 Å². The minimum atomic E-state index is -0.334. The van der Waals surface area contributed by atoms with Crippen molar-refractivity contribution in [3.63, 3.8) is 0 Å². The molecule has 0 aliphatic carbocycles. The average Bonchev–Trinajstić information content (AvgIpc) is 4.24. The number of piperazine rings is 2. The van der Waals surface area contributed by atoms with Crippen molar-refractivity contribution >= 4 is 100 Å². The van der Waals surface area contributed by atoms with E-state index < -0.39 is 0 Å². The van der Waals surface area contributed by atoms with Gasteiger partial charge in [-0.05, 0) is 95.0 Å². The summed E-state index contributed by atoms with van der Waals surface area (Å²) in [6.45, 7) is 18.9. The Morgan fingerprint density at radius 3 is 1.39 bits per heavy atom. The summed E-state index contributed by atoms with van der Waals surface area (Å²) in [5.41, 5.74) is 6.14. The van der Waals surface area contributed by atoms with Crippen molar-refractivity contribution in [3.8, 4) is 22.5 Å². The number of anilines is 6. The zero-order chi connectivity index (χ0) is 54.7. The van der Waals surface area contributed by atoms with Gasteiger partial charge in [0, 0.05) is 100 Å². The standard InChI is InChI=1S/C27H30FN9OS.C26H30BrFN8OS/c1-6-20-26(34(5)27-31-24(25(29-2)39-27)18-7-9-19(28)10-8-18)37-21(30-20)11-12-22(32-37)36-15-13-35(14-16-36)17-23(38)33(3)4;1-5-19-25(33(4)26-30-23(24(27)38-26)17-6-8-18(28)9-7-17)36-20(29-19)10-11-21(31-36)35-14-12-34(13-15-35)16-22(37)32(2)3/h7-12H,6,13-17H2,1,3-5H3;6-11H,5,12-16H2,1-4H3. The number of aromatic nitrogens is 8. The summed E-state index contributed by atoms with van der Waals surface area (Å²) in [6.07, 6.45) is 1.44. The highest BCUT2D eigenvalue weighted by atomic mass is 79.9. The maximum absolute atomic E-state index is 13.5. The number of thiazole rings is 2. The molecule has 0 atom stereocenters. The first-order chi connectivity index (χ1) is 37.0. The lowest BCUT2D eigenvalue weighted by Gasteiger charge is -2.35. The third-order valence-corrected chi connectivity index (χ3v) is 16.3. The molecule has 0 unspecified atom stereocenters. The molecule has 0 N–H and O–H groups in total. The van der Waals surface area contributed by atoms with E-state index in [1.54, 1.807) is 62.3 Å². The van der Waals surface area contributed by atoms with Crippen molar-refractivity contribution in [3.05, 3.63) is 111 Å². The number of carbonyl (C=O) groups excluding carboxylic acids is 2. The minimum Gasteiger partial charge on any atom is -0.353 e. The summed E-state index contributed by atoms with van der Waals surface area (Å²) in [4.78, 5) is 63.2.